The van der Waals surface area contributed by atoms with Crippen LogP contribution in [0.5, 0.6) is 0 Å². The summed E-state index contributed by atoms with van der Waals surface area (Å²) in [6.07, 6.45) is 0. The Balaban J connectivity index is 0.00000225. The molecule has 3 rings (SSSR count). The van der Waals surface area contributed by atoms with Gasteiger partial charge in [-0.3, -0.25) is 4.79 Å². The summed E-state index contributed by atoms with van der Waals surface area (Å²) in [6.45, 7) is 1.81. The number of hydrogen-bond acceptors (Lipinski definition) is 4. The van der Waals surface area contributed by atoms with Crippen molar-refractivity contribution in [2.24, 2.45) is 7.05 Å². The van der Waals surface area contributed by atoms with Gasteiger partial charge in [0.15, 0.2) is 5.69 Å². The van der Waals surface area contributed by atoms with Crippen molar-refractivity contribution in [3.05, 3.63) is 62.8 Å². The van der Waals surface area contributed by atoms with Gasteiger partial charge in [0.1, 0.15) is 0 Å². The van der Waals surface area contributed by atoms with Crippen LogP contribution in [0.3, 0.4) is 0 Å². The molecule has 0 aliphatic carbocycles. The third-order valence-electron chi connectivity index (χ3n) is 4.24. The molecule has 1 amide bonds. The number of carbonyl (C=O) groups excluding carboxylic acids is 1. The third-order valence-corrected chi connectivity index (χ3v) is 4.47. The van der Waals surface area contributed by atoms with Gasteiger partial charge < -0.3 is 20.3 Å². The van der Waals surface area contributed by atoms with Gasteiger partial charge in [-0.1, -0.05) is 23.7 Å². The number of halogens is 2. The van der Waals surface area contributed by atoms with Crippen molar-refractivity contribution in [3.63, 3.8) is 0 Å². The summed E-state index contributed by atoms with van der Waals surface area (Å²) in [4.78, 5) is 25.2. The van der Waals surface area contributed by atoms with Crippen molar-refractivity contribution in [1.82, 2.24) is 14.8 Å². The van der Waals surface area contributed by atoms with Crippen LogP contribution in [0.1, 0.15) is 22.1 Å². The van der Waals surface area contributed by atoms with Crippen LogP contribution >= 0.6 is 24.0 Å². The molecule has 7 nitrogen and oxygen atoms in total. The molecule has 0 saturated carbocycles. The topological polar surface area (TPSA) is 80.4 Å². The number of hydrogen-bond donors (Lipinski definition) is 1. The number of nitrogens with one attached hydrogen (secondary N) is 1. The summed E-state index contributed by atoms with van der Waals surface area (Å²) in [5.41, 5.74) is 1.24. The van der Waals surface area contributed by atoms with Gasteiger partial charge in [-0.15, -0.1) is 12.4 Å². The molecule has 1 aromatic carbocycles. The van der Waals surface area contributed by atoms with Gasteiger partial charge in [0.2, 0.25) is 0 Å². The molecule has 0 spiro atoms. The van der Waals surface area contributed by atoms with Crippen LogP contribution in [-0.2, 0) is 7.05 Å². The molecule has 2 aromatic rings. The molecule has 1 aromatic heterocycles. The van der Waals surface area contributed by atoms with Gasteiger partial charge >= 0.3 is 5.82 Å². The van der Waals surface area contributed by atoms with Gasteiger partial charge in [-0.2, -0.15) is 0 Å². The number of rotatable bonds is 3. The maximum absolute atomic E-state index is 12.9. The molecule has 1 unspecified atom stereocenters. The van der Waals surface area contributed by atoms with Crippen LogP contribution in [0.4, 0.5) is 5.82 Å². The Hall–Kier alpha value is -2.09. The van der Waals surface area contributed by atoms with Crippen LogP contribution in [-0.4, -0.2) is 39.9 Å². The van der Waals surface area contributed by atoms with Gasteiger partial charge in [0.05, 0.1) is 13.1 Å². The number of aromatic nitrogens is 1. The lowest BCUT2D eigenvalue weighted by atomic mass is 10.0. The number of benzene rings is 1. The molecule has 1 aliphatic heterocycles. The summed E-state index contributed by atoms with van der Waals surface area (Å²) >= 11 is 6.07. The zero-order valence-corrected chi connectivity index (χ0v) is 15.1. The lowest BCUT2D eigenvalue weighted by Crippen LogP contribution is -2.49. The minimum absolute atomic E-state index is 0. The minimum Gasteiger partial charge on any atom is -0.358 e. The first-order chi connectivity index (χ1) is 11.5. The standard InChI is InChI=1S/C16H17ClN4O3.ClH/c1-19-13(5-6-15(19)21(23)24)16(22)20-8-7-18-10-14(20)11-3-2-4-12(17)9-11;/h2-6,9,14,18H,7-8,10H2,1H3;1H. The molecule has 1 aliphatic rings. The van der Waals surface area contributed by atoms with Crippen molar-refractivity contribution in [3.8, 4) is 0 Å². The first-order valence-electron chi connectivity index (χ1n) is 7.56. The van der Waals surface area contributed by atoms with Gasteiger partial charge in [0, 0.05) is 30.7 Å². The fourth-order valence-electron chi connectivity index (χ4n) is 3.00. The van der Waals surface area contributed by atoms with Crippen LogP contribution in [0.15, 0.2) is 36.4 Å². The highest BCUT2D eigenvalue weighted by Crippen LogP contribution is 2.27. The number of nitrogens with zero attached hydrogens (tertiary/aromatic N) is 3. The SMILES string of the molecule is Cl.Cn1c(C(=O)N2CCNCC2c2cccc(Cl)c2)ccc1[N+](=O)[O-]. The Morgan fingerprint density at radius 3 is 2.76 bits per heavy atom. The van der Waals surface area contributed by atoms with Gasteiger partial charge in [0.25, 0.3) is 5.91 Å². The molecule has 9 heteroatoms. The second kappa shape index (κ2) is 7.86. The van der Waals surface area contributed by atoms with E-state index in [0.717, 1.165) is 5.56 Å². The fraction of sp³-hybridized carbons (Fsp3) is 0.312. The van der Waals surface area contributed by atoms with Gasteiger partial charge in [-0.05, 0) is 28.7 Å². The predicted molar refractivity (Wildman–Crippen MR) is 97.4 cm³/mol. The number of amides is 1. The highest BCUT2D eigenvalue weighted by Gasteiger charge is 2.32. The Labute approximate surface area is 156 Å². The van der Waals surface area contributed by atoms with E-state index in [2.05, 4.69) is 5.32 Å². The van der Waals surface area contributed by atoms with Crippen LogP contribution < -0.4 is 5.32 Å². The van der Waals surface area contributed by atoms with Gasteiger partial charge in [-0.25, -0.2) is 4.57 Å². The van der Waals surface area contributed by atoms with Crippen molar-refractivity contribution in [2.75, 3.05) is 19.6 Å². The second-order valence-corrected chi connectivity index (χ2v) is 6.10. The Kier molecular flexibility index (Phi) is 6.05. The predicted octanol–water partition coefficient (Wildman–Crippen LogP) is 2.80. The molecule has 0 radical (unpaired) electrons. The van der Waals surface area contributed by atoms with Crippen LogP contribution in [0.2, 0.25) is 5.02 Å². The van der Waals surface area contributed by atoms with E-state index in [4.69, 9.17) is 11.6 Å². The fourth-order valence-corrected chi connectivity index (χ4v) is 3.20. The number of carbonyl (C=O) groups is 1. The summed E-state index contributed by atoms with van der Waals surface area (Å²) in [6, 6.07) is 10.1. The number of nitro groups is 1. The Morgan fingerprint density at radius 1 is 1.36 bits per heavy atom. The first-order valence-corrected chi connectivity index (χ1v) is 7.94. The zero-order chi connectivity index (χ0) is 17.3. The number of piperazine rings is 1. The maximum Gasteiger partial charge on any atom is 0.323 e. The molecular formula is C16H18Cl2N4O3. The highest BCUT2D eigenvalue weighted by atomic mass is 35.5. The quantitative estimate of drug-likeness (QED) is 0.651. The normalized spacial score (nSPS) is 17.0. The minimum atomic E-state index is -0.497. The second-order valence-electron chi connectivity index (χ2n) is 5.67. The largest absolute Gasteiger partial charge is 0.358 e. The van der Waals surface area contributed by atoms with E-state index < -0.39 is 4.92 Å². The molecule has 1 saturated heterocycles. The Bertz CT molecular complexity index is 793. The van der Waals surface area contributed by atoms with Crippen LogP contribution in [0, 0.1) is 10.1 Å². The van der Waals surface area contributed by atoms with Crippen molar-refractivity contribution >= 4 is 35.7 Å². The van der Waals surface area contributed by atoms with Crippen LogP contribution in [0.25, 0.3) is 0 Å². The average molecular weight is 385 g/mol. The summed E-state index contributed by atoms with van der Waals surface area (Å²) in [5, 5.41) is 14.9. The van der Waals surface area contributed by atoms with E-state index in [1.54, 1.807) is 11.0 Å². The maximum atomic E-state index is 12.9. The van der Waals surface area contributed by atoms with E-state index in [9.17, 15) is 14.9 Å². The molecule has 2 heterocycles. The van der Waals surface area contributed by atoms with Crippen molar-refractivity contribution < 1.29 is 9.72 Å². The summed E-state index contributed by atoms with van der Waals surface area (Å²) in [7, 11) is 1.53. The lowest BCUT2D eigenvalue weighted by molar-refractivity contribution is -0.391. The zero-order valence-electron chi connectivity index (χ0n) is 13.5. The molecule has 1 atom stereocenters. The van der Waals surface area contributed by atoms with E-state index in [1.165, 1.54) is 23.7 Å². The van der Waals surface area contributed by atoms with E-state index >= 15 is 0 Å². The molecule has 25 heavy (non-hydrogen) atoms. The lowest BCUT2D eigenvalue weighted by Gasteiger charge is -2.36. The monoisotopic (exact) mass is 384 g/mol. The molecule has 1 N–H and O–H groups in total. The summed E-state index contributed by atoms with van der Waals surface area (Å²) in [5.74, 6) is -0.329. The average Bonchev–Trinajstić information content (AvgIpc) is 2.96. The first kappa shape index (κ1) is 19.2. The highest BCUT2D eigenvalue weighted by molar-refractivity contribution is 6.30. The van der Waals surface area contributed by atoms with Crippen molar-refractivity contribution in [1.29, 1.82) is 0 Å². The van der Waals surface area contributed by atoms with E-state index in [1.807, 2.05) is 18.2 Å². The Morgan fingerprint density at radius 2 is 2.12 bits per heavy atom. The smallest absolute Gasteiger partial charge is 0.323 e. The molecule has 0 bridgehead atoms. The third kappa shape index (κ3) is 3.78. The molecule has 134 valence electrons. The van der Waals surface area contributed by atoms with Crippen molar-refractivity contribution in [2.45, 2.75) is 6.04 Å². The van der Waals surface area contributed by atoms with E-state index in [-0.39, 0.29) is 30.2 Å². The van der Waals surface area contributed by atoms with E-state index in [0.29, 0.717) is 30.4 Å². The molecule has 1 fully saturated rings. The summed E-state index contributed by atoms with van der Waals surface area (Å²) < 4.78 is 1.32. The molecular weight excluding hydrogens is 367 g/mol.